The van der Waals surface area contributed by atoms with E-state index in [9.17, 15) is 4.79 Å². The zero-order valence-corrected chi connectivity index (χ0v) is 15.1. The predicted molar refractivity (Wildman–Crippen MR) is 95.5 cm³/mol. The van der Waals surface area contributed by atoms with Crippen LogP contribution in [0.1, 0.15) is 51.1 Å². The molecule has 1 aliphatic rings. The lowest BCUT2D eigenvalue weighted by molar-refractivity contribution is -0.121. The molecule has 0 bridgehead atoms. The minimum Gasteiger partial charge on any atom is -0.323 e. The number of benzene rings is 1. The topological polar surface area (TPSA) is 46.9 Å². The van der Waals surface area contributed by atoms with Crippen molar-refractivity contribution in [3.05, 3.63) is 46.7 Å². The van der Waals surface area contributed by atoms with Crippen LogP contribution in [0.2, 0.25) is 0 Å². The van der Waals surface area contributed by atoms with E-state index in [1.165, 1.54) is 0 Å². The summed E-state index contributed by atoms with van der Waals surface area (Å²) >= 11 is 3.52. The first-order valence-corrected chi connectivity index (χ1v) is 8.92. The van der Waals surface area contributed by atoms with Crippen LogP contribution in [0.3, 0.4) is 0 Å². The summed E-state index contributed by atoms with van der Waals surface area (Å²) in [6, 6.07) is 8.42. The molecule has 1 amide bonds. The highest BCUT2D eigenvalue weighted by Crippen LogP contribution is 2.42. The molecular formula is C18H22BrN3O. The molecule has 1 aromatic heterocycles. The summed E-state index contributed by atoms with van der Waals surface area (Å²) in [4.78, 5) is 13.1. The van der Waals surface area contributed by atoms with E-state index in [-0.39, 0.29) is 11.9 Å². The predicted octanol–water partition coefficient (Wildman–Crippen LogP) is 4.68. The lowest BCUT2D eigenvalue weighted by Gasteiger charge is -2.28. The number of halogens is 1. The molecule has 3 rings (SSSR count). The van der Waals surface area contributed by atoms with Gasteiger partial charge in [-0.3, -0.25) is 9.48 Å². The molecule has 5 heteroatoms. The smallest absolute Gasteiger partial charge is 0.235 e. The molecule has 1 heterocycles. The van der Waals surface area contributed by atoms with E-state index >= 15 is 0 Å². The van der Waals surface area contributed by atoms with E-state index in [4.69, 9.17) is 0 Å². The molecule has 0 saturated heterocycles. The van der Waals surface area contributed by atoms with Crippen LogP contribution in [0.4, 0.5) is 5.69 Å². The quantitative estimate of drug-likeness (QED) is 0.843. The van der Waals surface area contributed by atoms with E-state index in [0.29, 0.717) is 0 Å². The molecule has 0 spiro atoms. The first-order valence-electron chi connectivity index (χ1n) is 8.13. The summed E-state index contributed by atoms with van der Waals surface area (Å²) in [7, 11) is 0. The second-order valence-electron chi connectivity index (χ2n) is 6.56. The molecule has 23 heavy (non-hydrogen) atoms. The number of hydrogen-bond acceptors (Lipinski definition) is 2. The minimum absolute atomic E-state index is 0.0800. The van der Waals surface area contributed by atoms with Gasteiger partial charge in [-0.2, -0.15) is 5.10 Å². The third-order valence-corrected chi connectivity index (χ3v) is 5.15. The summed E-state index contributed by atoms with van der Waals surface area (Å²) in [6.45, 7) is 4.14. The summed E-state index contributed by atoms with van der Waals surface area (Å²) in [6.07, 6.45) is 7.59. The fraction of sp³-hybridized carbons (Fsp3) is 0.444. The molecule has 0 aliphatic heterocycles. The maximum atomic E-state index is 13.1. The SMILES string of the molecule is CC(C)n1cc(NC(=O)C2(c3cccc(Br)c3)CCCC2)cn1. The van der Waals surface area contributed by atoms with Crippen LogP contribution in [0, 0.1) is 0 Å². The van der Waals surface area contributed by atoms with Gasteiger partial charge in [-0.15, -0.1) is 0 Å². The Morgan fingerprint density at radius 3 is 2.70 bits per heavy atom. The maximum Gasteiger partial charge on any atom is 0.235 e. The third kappa shape index (κ3) is 3.20. The Hall–Kier alpha value is -1.62. The fourth-order valence-corrected chi connectivity index (χ4v) is 3.75. The fourth-order valence-electron chi connectivity index (χ4n) is 3.35. The van der Waals surface area contributed by atoms with E-state index in [1.807, 2.05) is 23.0 Å². The van der Waals surface area contributed by atoms with E-state index in [2.05, 4.69) is 52.3 Å². The monoisotopic (exact) mass is 375 g/mol. The van der Waals surface area contributed by atoms with Crippen molar-refractivity contribution >= 4 is 27.5 Å². The lowest BCUT2D eigenvalue weighted by Crippen LogP contribution is -2.37. The Morgan fingerprint density at radius 2 is 2.09 bits per heavy atom. The van der Waals surface area contributed by atoms with Gasteiger partial charge in [0.1, 0.15) is 0 Å². The average Bonchev–Trinajstić information content (AvgIpc) is 3.17. The van der Waals surface area contributed by atoms with Crippen LogP contribution in [0.5, 0.6) is 0 Å². The second-order valence-corrected chi connectivity index (χ2v) is 7.47. The van der Waals surface area contributed by atoms with Crippen molar-refractivity contribution in [2.24, 2.45) is 0 Å². The molecule has 4 nitrogen and oxygen atoms in total. The van der Waals surface area contributed by atoms with Crippen molar-refractivity contribution in [3.8, 4) is 0 Å². The number of anilines is 1. The molecule has 1 saturated carbocycles. The van der Waals surface area contributed by atoms with Gasteiger partial charge in [0.15, 0.2) is 0 Å². The number of carbonyl (C=O) groups is 1. The largest absolute Gasteiger partial charge is 0.323 e. The van der Waals surface area contributed by atoms with Crippen molar-refractivity contribution in [1.29, 1.82) is 0 Å². The van der Waals surface area contributed by atoms with Gasteiger partial charge >= 0.3 is 0 Å². The number of nitrogens with one attached hydrogen (secondary N) is 1. The minimum atomic E-state index is -0.427. The molecular weight excluding hydrogens is 354 g/mol. The van der Waals surface area contributed by atoms with Gasteiger partial charge < -0.3 is 5.32 Å². The Morgan fingerprint density at radius 1 is 1.35 bits per heavy atom. The molecule has 2 aromatic rings. The molecule has 0 unspecified atom stereocenters. The van der Waals surface area contributed by atoms with E-state index in [1.54, 1.807) is 6.20 Å². The number of aromatic nitrogens is 2. The summed E-state index contributed by atoms with van der Waals surface area (Å²) in [5.41, 5.74) is 1.44. The number of carbonyl (C=O) groups excluding carboxylic acids is 1. The van der Waals surface area contributed by atoms with Crippen LogP contribution in [-0.2, 0) is 10.2 Å². The second kappa shape index (κ2) is 6.48. The maximum absolute atomic E-state index is 13.1. The van der Waals surface area contributed by atoms with Gasteiger partial charge in [-0.25, -0.2) is 0 Å². The average molecular weight is 376 g/mol. The van der Waals surface area contributed by atoms with Gasteiger partial charge in [-0.1, -0.05) is 40.9 Å². The highest BCUT2D eigenvalue weighted by Gasteiger charge is 2.42. The van der Waals surface area contributed by atoms with Gasteiger partial charge in [0, 0.05) is 16.7 Å². The van der Waals surface area contributed by atoms with Crippen LogP contribution < -0.4 is 5.32 Å². The highest BCUT2D eigenvalue weighted by molar-refractivity contribution is 9.10. The number of rotatable bonds is 4. The molecule has 1 N–H and O–H groups in total. The normalized spacial score (nSPS) is 16.7. The Balaban J connectivity index is 1.87. The molecule has 1 aromatic carbocycles. The van der Waals surface area contributed by atoms with Crippen molar-refractivity contribution < 1.29 is 4.79 Å². The lowest BCUT2D eigenvalue weighted by atomic mass is 9.78. The summed E-state index contributed by atoms with van der Waals surface area (Å²) in [5.74, 6) is 0.0800. The zero-order valence-electron chi connectivity index (χ0n) is 13.6. The molecule has 122 valence electrons. The highest BCUT2D eigenvalue weighted by atomic mass is 79.9. The van der Waals surface area contributed by atoms with Gasteiger partial charge in [0.25, 0.3) is 0 Å². The zero-order chi connectivity index (χ0) is 16.4. The summed E-state index contributed by atoms with van der Waals surface area (Å²) in [5, 5.41) is 7.38. The Bertz CT molecular complexity index is 702. The van der Waals surface area contributed by atoms with Crippen LogP contribution in [0.15, 0.2) is 41.1 Å². The van der Waals surface area contributed by atoms with Gasteiger partial charge in [-0.05, 0) is 44.4 Å². The first-order chi connectivity index (χ1) is 11.0. The summed E-state index contributed by atoms with van der Waals surface area (Å²) < 4.78 is 2.87. The molecule has 0 atom stereocenters. The Kier molecular flexibility index (Phi) is 4.57. The van der Waals surface area contributed by atoms with Crippen molar-refractivity contribution in [3.63, 3.8) is 0 Å². The van der Waals surface area contributed by atoms with Gasteiger partial charge in [0.2, 0.25) is 5.91 Å². The van der Waals surface area contributed by atoms with E-state index < -0.39 is 5.41 Å². The number of hydrogen-bond donors (Lipinski definition) is 1. The Labute approximate surface area is 145 Å². The van der Waals surface area contributed by atoms with Crippen molar-refractivity contribution in [1.82, 2.24) is 9.78 Å². The van der Waals surface area contributed by atoms with Crippen molar-refractivity contribution in [2.75, 3.05) is 5.32 Å². The first kappa shape index (κ1) is 16.2. The number of nitrogens with zero attached hydrogens (tertiary/aromatic N) is 2. The standard InChI is InChI=1S/C18H22BrN3O/c1-13(2)22-12-16(11-20-22)21-17(23)18(8-3-4-9-18)14-6-5-7-15(19)10-14/h5-7,10-13H,3-4,8-9H2,1-2H3,(H,21,23). The van der Waals surface area contributed by atoms with Crippen molar-refractivity contribution in [2.45, 2.75) is 51.0 Å². The third-order valence-electron chi connectivity index (χ3n) is 4.66. The van der Waals surface area contributed by atoms with Crippen LogP contribution >= 0.6 is 15.9 Å². The van der Waals surface area contributed by atoms with Crippen LogP contribution in [0.25, 0.3) is 0 Å². The molecule has 0 radical (unpaired) electrons. The molecule has 1 fully saturated rings. The number of amides is 1. The molecule has 1 aliphatic carbocycles. The van der Waals surface area contributed by atoms with Crippen LogP contribution in [-0.4, -0.2) is 15.7 Å². The van der Waals surface area contributed by atoms with Gasteiger partial charge in [0.05, 0.1) is 17.3 Å². The van der Waals surface area contributed by atoms with E-state index in [0.717, 1.165) is 41.4 Å².